The number of nitrogens with zero attached hydrogens (tertiary/aromatic N) is 3. The molecule has 1 amide bonds. The Balaban J connectivity index is 1.57. The predicted molar refractivity (Wildman–Crippen MR) is 132 cm³/mol. The molecule has 32 heavy (non-hydrogen) atoms. The SMILES string of the molecule is CCN1C(=CC=C2C(=O)N(c3ccccc3)C(=S)N2c2ccccc2)Oc2ccccc21. The third-order valence-corrected chi connectivity index (χ3v) is 5.78. The number of anilines is 3. The van der Waals surface area contributed by atoms with Crippen LogP contribution in [0.15, 0.2) is 109 Å². The quantitative estimate of drug-likeness (QED) is 0.398. The van der Waals surface area contributed by atoms with Gasteiger partial charge in [0.1, 0.15) is 5.70 Å². The zero-order valence-electron chi connectivity index (χ0n) is 17.5. The Hall–Kier alpha value is -3.90. The average molecular weight is 440 g/mol. The van der Waals surface area contributed by atoms with E-state index in [4.69, 9.17) is 17.0 Å². The van der Waals surface area contributed by atoms with E-state index in [2.05, 4.69) is 11.8 Å². The van der Waals surface area contributed by atoms with Crippen molar-refractivity contribution in [1.82, 2.24) is 0 Å². The first-order valence-corrected chi connectivity index (χ1v) is 10.8. The highest BCUT2D eigenvalue weighted by Gasteiger charge is 2.39. The van der Waals surface area contributed by atoms with Gasteiger partial charge >= 0.3 is 0 Å². The number of rotatable bonds is 4. The molecule has 2 heterocycles. The molecule has 2 aliphatic rings. The van der Waals surface area contributed by atoms with Gasteiger partial charge in [-0.05, 0) is 61.6 Å². The smallest absolute Gasteiger partial charge is 0.281 e. The molecule has 2 aliphatic heterocycles. The summed E-state index contributed by atoms with van der Waals surface area (Å²) in [6, 6.07) is 27.0. The monoisotopic (exact) mass is 439 g/mol. The lowest BCUT2D eigenvalue weighted by molar-refractivity contribution is -0.113. The number of hydrogen-bond donors (Lipinski definition) is 0. The first-order valence-electron chi connectivity index (χ1n) is 10.4. The molecule has 5 nitrogen and oxygen atoms in total. The van der Waals surface area contributed by atoms with E-state index in [0.29, 0.717) is 16.7 Å². The molecule has 6 heteroatoms. The van der Waals surface area contributed by atoms with E-state index in [1.54, 1.807) is 15.9 Å². The van der Waals surface area contributed by atoms with Crippen LogP contribution in [0.25, 0.3) is 0 Å². The minimum absolute atomic E-state index is 0.180. The van der Waals surface area contributed by atoms with Gasteiger partial charge in [0, 0.05) is 18.3 Å². The van der Waals surface area contributed by atoms with Crippen LogP contribution in [0.5, 0.6) is 5.75 Å². The number of allylic oxidation sites excluding steroid dienone is 2. The number of para-hydroxylation sites is 4. The fourth-order valence-electron chi connectivity index (χ4n) is 3.93. The molecule has 0 atom stereocenters. The lowest BCUT2D eigenvalue weighted by Gasteiger charge is -2.20. The van der Waals surface area contributed by atoms with E-state index >= 15 is 0 Å². The van der Waals surface area contributed by atoms with Crippen molar-refractivity contribution >= 4 is 40.3 Å². The fraction of sp³-hybridized carbons (Fsp3) is 0.0769. The molecule has 158 valence electrons. The second-order valence-electron chi connectivity index (χ2n) is 7.30. The Kier molecular flexibility index (Phi) is 5.21. The van der Waals surface area contributed by atoms with Crippen molar-refractivity contribution in [3.63, 3.8) is 0 Å². The molecule has 5 rings (SSSR count). The van der Waals surface area contributed by atoms with Crippen molar-refractivity contribution in [2.24, 2.45) is 0 Å². The minimum atomic E-state index is -0.180. The van der Waals surface area contributed by atoms with Crippen molar-refractivity contribution in [2.75, 3.05) is 21.2 Å². The fourth-order valence-corrected chi connectivity index (χ4v) is 4.32. The Morgan fingerprint density at radius 3 is 2.06 bits per heavy atom. The van der Waals surface area contributed by atoms with Gasteiger partial charge in [0.2, 0.25) is 5.88 Å². The van der Waals surface area contributed by atoms with Crippen LogP contribution in [0.4, 0.5) is 17.1 Å². The minimum Gasteiger partial charge on any atom is -0.439 e. The van der Waals surface area contributed by atoms with Gasteiger partial charge in [0.05, 0.1) is 11.4 Å². The topological polar surface area (TPSA) is 36.0 Å². The van der Waals surface area contributed by atoms with Crippen LogP contribution >= 0.6 is 12.2 Å². The van der Waals surface area contributed by atoms with Gasteiger partial charge in [-0.25, -0.2) is 0 Å². The largest absolute Gasteiger partial charge is 0.439 e. The maximum Gasteiger partial charge on any atom is 0.281 e. The maximum absolute atomic E-state index is 13.5. The van der Waals surface area contributed by atoms with E-state index in [0.717, 1.165) is 29.4 Å². The lowest BCUT2D eigenvalue weighted by Crippen LogP contribution is -2.32. The van der Waals surface area contributed by atoms with Crippen LogP contribution in [0.2, 0.25) is 0 Å². The number of amides is 1. The molecule has 3 aromatic carbocycles. The van der Waals surface area contributed by atoms with Gasteiger partial charge in [-0.1, -0.05) is 48.5 Å². The van der Waals surface area contributed by atoms with Crippen molar-refractivity contribution in [2.45, 2.75) is 6.92 Å². The van der Waals surface area contributed by atoms with Gasteiger partial charge in [0.15, 0.2) is 10.9 Å². The van der Waals surface area contributed by atoms with Gasteiger partial charge in [-0.3, -0.25) is 14.6 Å². The third kappa shape index (κ3) is 3.35. The second kappa shape index (κ2) is 8.32. The normalized spacial score (nSPS) is 18.0. The van der Waals surface area contributed by atoms with Crippen LogP contribution in [0.3, 0.4) is 0 Å². The standard InChI is InChI=1S/C26H21N3O2S/c1-2-27-21-15-9-10-16-23(21)31-24(27)18-17-22-25(30)29(20-13-7-4-8-14-20)26(32)28(22)19-11-5-3-6-12-19/h3-18H,2H2,1H3. The Morgan fingerprint density at radius 1 is 0.812 bits per heavy atom. The van der Waals surface area contributed by atoms with Crippen LogP contribution in [0.1, 0.15) is 6.92 Å². The highest BCUT2D eigenvalue weighted by atomic mass is 32.1. The van der Waals surface area contributed by atoms with E-state index in [1.807, 2.05) is 91.0 Å². The molecule has 0 unspecified atom stereocenters. The van der Waals surface area contributed by atoms with Crippen LogP contribution in [-0.4, -0.2) is 17.6 Å². The number of thiocarbonyl (C=S) groups is 1. The Labute approximate surface area is 192 Å². The molecule has 0 aromatic heterocycles. The number of carbonyl (C=O) groups excluding carboxylic acids is 1. The van der Waals surface area contributed by atoms with Crippen LogP contribution in [0, 0.1) is 0 Å². The van der Waals surface area contributed by atoms with Gasteiger partial charge in [0.25, 0.3) is 5.91 Å². The van der Waals surface area contributed by atoms with Crippen molar-refractivity contribution < 1.29 is 9.53 Å². The van der Waals surface area contributed by atoms with Gasteiger partial charge in [-0.15, -0.1) is 0 Å². The van der Waals surface area contributed by atoms with Gasteiger partial charge in [-0.2, -0.15) is 0 Å². The summed E-state index contributed by atoms with van der Waals surface area (Å²) in [5.74, 6) is 1.30. The summed E-state index contributed by atoms with van der Waals surface area (Å²) >= 11 is 5.76. The molecule has 1 fully saturated rings. The summed E-state index contributed by atoms with van der Waals surface area (Å²) in [5, 5.41) is 0.417. The van der Waals surface area contributed by atoms with Crippen LogP contribution in [-0.2, 0) is 4.79 Å². The van der Waals surface area contributed by atoms with Gasteiger partial charge < -0.3 is 9.64 Å². The number of ether oxygens (including phenoxy) is 1. The summed E-state index contributed by atoms with van der Waals surface area (Å²) in [7, 11) is 0. The summed E-state index contributed by atoms with van der Waals surface area (Å²) in [6.07, 6.45) is 3.62. The lowest BCUT2D eigenvalue weighted by atomic mass is 10.2. The molecular weight excluding hydrogens is 418 g/mol. The van der Waals surface area contributed by atoms with E-state index in [-0.39, 0.29) is 5.91 Å². The number of carbonyl (C=O) groups is 1. The van der Waals surface area contributed by atoms with E-state index in [1.165, 1.54) is 0 Å². The summed E-state index contributed by atoms with van der Waals surface area (Å²) < 4.78 is 6.05. The van der Waals surface area contributed by atoms with Crippen molar-refractivity contribution in [3.05, 3.63) is 109 Å². The van der Waals surface area contributed by atoms with E-state index in [9.17, 15) is 4.79 Å². The highest BCUT2D eigenvalue weighted by molar-refractivity contribution is 7.81. The van der Waals surface area contributed by atoms with Crippen LogP contribution < -0.4 is 19.4 Å². The first kappa shape index (κ1) is 20.0. The zero-order valence-corrected chi connectivity index (χ0v) is 18.3. The molecule has 3 aromatic rings. The molecule has 0 spiro atoms. The maximum atomic E-state index is 13.5. The highest BCUT2D eigenvalue weighted by Crippen LogP contribution is 2.39. The molecule has 1 saturated heterocycles. The number of hydrogen-bond acceptors (Lipinski definition) is 4. The Bertz CT molecular complexity index is 1240. The summed E-state index contributed by atoms with van der Waals surface area (Å²) in [6.45, 7) is 2.81. The number of fused-ring (bicyclic) bond motifs is 1. The molecule has 0 radical (unpaired) electrons. The molecule has 0 bridgehead atoms. The average Bonchev–Trinajstić information content (AvgIpc) is 3.32. The third-order valence-electron chi connectivity index (χ3n) is 5.41. The summed E-state index contributed by atoms with van der Waals surface area (Å²) in [4.78, 5) is 19.0. The summed E-state index contributed by atoms with van der Waals surface area (Å²) in [5.41, 5.74) is 3.04. The first-order chi connectivity index (χ1) is 15.7. The number of benzene rings is 3. The van der Waals surface area contributed by atoms with Crippen molar-refractivity contribution in [3.8, 4) is 5.75 Å². The Morgan fingerprint density at radius 2 is 1.41 bits per heavy atom. The zero-order chi connectivity index (χ0) is 22.1. The second-order valence-corrected chi connectivity index (χ2v) is 7.67. The molecular formula is C26H21N3O2S. The molecule has 0 aliphatic carbocycles. The molecule has 0 saturated carbocycles. The molecule has 0 N–H and O–H groups in total. The van der Waals surface area contributed by atoms with E-state index < -0.39 is 0 Å². The predicted octanol–water partition coefficient (Wildman–Crippen LogP) is 5.47. The van der Waals surface area contributed by atoms with Crippen molar-refractivity contribution in [1.29, 1.82) is 0 Å².